The molecule has 162 valence electrons. The van der Waals surface area contributed by atoms with Gasteiger partial charge >= 0.3 is 12.1 Å². The van der Waals surface area contributed by atoms with Crippen LogP contribution in [0.2, 0.25) is 0 Å². The van der Waals surface area contributed by atoms with Crippen molar-refractivity contribution in [3.63, 3.8) is 0 Å². The first-order valence-electron chi connectivity index (χ1n) is 9.52. The summed E-state index contributed by atoms with van der Waals surface area (Å²) in [4.78, 5) is 11.9. The smallest absolute Gasteiger partial charge is 0.417 e. The van der Waals surface area contributed by atoms with Crippen LogP contribution < -0.4 is 0 Å². The average Bonchev–Trinajstić information content (AvgIpc) is 3.12. The Morgan fingerprint density at radius 2 is 2.13 bits per heavy atom. The molecule has 0 saturated carbocycles. The number of nitrogens with zero attached hydrogens (tertiary/aromatic N) is 2. The fourth-order valence-electron chi connectivity index (χ4n) is 3.20. The van der Waals surface area contributed by atoms with E-state index in [0.29, 0.717) is 37.5 Å². The van der Waals surface area contributed by atoms with Crippen LogP contribution in [0.25, 0.3) is 16.8 Å². The van der Waals surface area contributed by atoms with Crippen molar-refractivity contribution in [2.24, 2.45) is 0 Å². The summed E-state index contributed by atoms with van der Waals surface area (Å²) >= 11 is 0. The predicted octanol–water partition coefficient (Wildman–Crippen LogP) is 4.19. The molecule has 1 aliphatic rings. The van der Waals surface area contributed by atoms with Gasteiger partial charge in [0.05, 0.1) is 44.1 Å². The minimum Gasteiger partial charge on any atom is -0.462 e. The van der Waals surface area contributed by atoms with Crippen molar-refractivity contribution < 1.29 is 32.2 Å². The lowest BCUT2D eigenvalue weighted by molar-refractivity contribution is -0.137. The molecule has 1 saturated heterocycles. The number of esters is 1. The number of hydrogen-bond donors (Lipinski definition) is 0. The maximum absolute atomic E-state index is 13.8. The molecule has 0 amide bonds. The van der Waals surface area contributed by atoms with Gasteiger partial charge in [-0.15, -0.1) is 0 Å². The van der Waals surface area contributed by atoms with Crippen LogP contribution in [0.15, 0.2) is 31.0 Å². The van der Waals surface area contributed by atoms with Gasteiger partial charge in [0.2, 0.25) is 0 Å². The van der Waals surface area contributed by atoms with Crippen LogP contribution in [0.5, 0.6) is 0 Å². The van der Waals surface area contributed by atoms with Gasteiger partial charge in [-0.1, -0.05) is 12.6 Å². The van der Waals surface area contributed by atoms with Crippen LogP contribution >= 0.6 is 0 Å². The maximum Gasteiger partial charge on any atom is 0.417 e. The Labute approximate surface area is 172 Å². The van der Waals surface area contributed by atoms with Crippen molar-refractivity contribution in [1.82, 2.24) is 9.78 Å². The third-order valence-electron chi connectivity index (χ3n) is 4.59. The fraction of sp³-hybridized carbons (Fsp3) is 0.429. The molecule has 30 heavy (non-hydrogen) atoms. The Morgan fingerprint density at radius 3 is 2.73 bits per heavy atom. The van der Waals surface area contributed by atoms with Gasteiger partial charge in [-0.05, 0) is 31.6 Å². The quantitative estimate of drug-likeness (QED) is 0.651. The van der Waals surface area contributed by atoms with Crippen molar-refractivity contribution in [2.45, 2.75) is 32.7 Å². The van der Waals surface area contributed by atoms with Crippen molar-refractivity contribution >= 4 is 11.5 Å². The van der Waals surface area contributed by atoms with Crippen LogP contribution in [0.4, 0.5) is 13.2 Å². The molecule has 0 N–H and O–H groups in total. The van der Waals surface area contributed by atoms with E-state index in [4.69, 9.17) is 14.2 Å². The van der Waals surface area contributed by atoms with Gasteiger partial charge in [-0.3, -0.25) is 4.68 Å². The van der Waals surface area contributed by atoms with Crippen molar-refractivity contribution in [2.75, 3.05) is 26.4 Å². The summed E-state index contributed by atoms with van der Waals surface area (Å²) < 4.78 is 58.8. The Balaban J connectivity index is 2.04. The summed E-state index contributed by atoms with van der Waals surface area (Å²) in [6, 6.07) is 3.35. The van der Waals surface area contributed by atoms with Gasteiger partial charge in [-0.25, -0.2) is 4.79 Å². The van der Waals surface area contributed by atoms with E-state index in [-0.39, 0.29) is 29.5 Å². The largest absolute Gasteiger partial charge is 0.462 e. The van der Waals surface area contributed by atoms with E-state index in [9.17, 15) is 18.0 Å². The zero-order valence-electron chi connectivity index (χ0n) is 16.8. The summed E-state index contributed by atoms with van der Waals surface area (Å²) in [5.41, 5.74) is -0.0640. The summed E-state index contributed by atoms with van der Waals surface area (Å²) in [7, 11) is 0. The number of halogens is 3. The minimum absolute atomic E-state index is 0.0686. The molecule has 6 nitrogen and oxygen atoms in total. The monoisotopic (exact) mass is 424 g/mol. The van der Waals surface area contributed by atoms with E-state index in [1.54, 1.807) is 20.0 Å². The maximum atomic E-state index is 13.8. The summed E-state index contributed by atoms with van der Waals surface area (Å²) in [6.07, 6.45) is -3.28. The first kappa shape index (κ1) is 22.0. The Morgan fingerprint density at radius 1 is 1.37 bits per heavy atom. The fourth-order valence-corrected chi connectivity index (χ4v) is 3.20. The van der Waals surface area contributed by atoms with E-state index >= 15 is 0 Å². The van der Waals surface area contributed by atoms with Crippen LogP contribution in [-0.4, -0.2) is 48.3 Å². The number of ether oxygens (including phenoxy) is 3. The number of carbonyl (C=O) groups excluding carboxylic acids is 1. The Kier molecular flexibility index (Phi) is 6.62. The minimum atomic E-state index is -4.69. The van der Waals surface area contributed by atoms with Gasteiger partial charge in [-0.2, -0.15) is 18.3 Å². The Hall–Kier alpha value is -2.65. The molecule has 9 heteroatoms. The summed E-state index contributed by atoms with van der Waals surface area (Å²) in [6.45, 7) is 8.92. The van der Waals surface area contributed by atoms with Crippen LogP contribution in [0, 0.1) is 0 Å². The molecule has 1 aliphatic heterocycles. The second kappa shape index (κ2) is 9.01. The van der Waals surface area contributed by atoms with Crippen molar-refractivity contribution in [1.29, 1.82) is 0 Å². The molecule has 0 radical (unpaired) electrons. The second-order valence-electron chi connectivity index (χ2n) is 6.94. The van der Waals surface area contributed by atoms with Gasteiger partial charge in [0, 0.05) is 17.3 Å². The van der Waals surface area contributed by atoms with Gasteiger partial charge < -0.3 is 14.2 Å². The molecule has 1 aromatic carbocycles. The van der Waals surface area contributed by atoms with E-state index in [1.807, 2.05) is 0 Å². The van der Waals surface area contributed by atoms with E-state index < -0.39 is 17.7 Å². The number of hydrogen-bond acceptors (Lipinski definition) is 5. The third-order valence-corrected chi connectivity index (χ3v) is 4.59. The lowest BCUT2D eigenvalue weighted by Crippen LogP contribution is -2.32. The molecule has 0 aliphatic carbocycles. The summed E-state index contributed by atoms with van der Waals surface area (Å²) in [5.74, 6) is -0.811. The van der Waals surface area contributed by atoms with Gasteiger partial charge in [0.1, 0.15) is 11.8 Å². The molecule has 0 spiro atoms. The summed E-state index contributed by atoms with van der Waals surface area (Å²) in [5, 5.41) is 4.38. The van der Waals surface area contributed by atoms with Crippen molar-refractivity contribution in [3.8, 4) is 11.3 Å². The first-order valence-corrected chi connectivity index (χ1v) is 9.52. The number of alkyl halides is 3. The molecule has 1 aromatic heterocycles. The number of carbonyl (C=O) groups is 1. The number of benzene rings is 1. The normalized spacial score (nSPS) is 17.0. The molecule has 2 heterocycles. The highest BCUT2D eigenvalue weighted by Gasteiger charge is 2.36. The lowest BCUT2D eigenvalue weighted by atomic mass is 9.97. The molecule has 1 fully saturated rings. The average molecular weight is 424 g/mol. The van der Waals surface area contributed by atoms with E-state index in [1.165, 1.54) is 16.8 Å². The molecular weight excluding hydrogens is 401 g/mol. The SMILES string of the molecule is C=C(C)c1cn(C[C@H]2COCCO2)nc1-c1ccc(C(=O)OCC)cc1C(F)(F)F. The second-order valence-corrected chi connectivity index (χ2v) is 6.94. The zero-order chi connectivity index (χ0) is 21.9. The lowest BCUT2D eigenvalue weighted by Gasteiger charge is -2.22. The number of rotatable bonds is 6. The molecule has 2 aromatic rings. The number of allylic oxidation sites excluding steroid dienone is 1. The number of aromatic nitrogens is 2. The van der Waals surface area contributed by atoms with Crippen LogP contribution in [0.1, 0.15) is 35.3 Å². The predicted molar refractivity (Wildman–Crippen MR) is 104 cm³/mol. The standard InChI is InChI=1S/C21H23F3N2O4/c1-4-29-20(27)14-5-6-16(18(9-14)21(22,23)24)19-17(13(2)3)11-26(25-19)10-15-12-28-7-8-30-15/h5-6,9,11,15H,2,4,7-8,10,12H2,1,3H3/t15-/m0/s1. The highest BCUT2D eigenvalue weighted by molar-refractivity contribution is 5.91. The van der Waals surface area contributed by atoms with Crippen LogP contribution in [-0.2, 0) is 26.9 Å². The highest BCUT2D eigenvalue weighted by Crippen LogP contribution is 2.39. The Bertz CT molecular complexity index is 931. The highest BCUT2D eigenvalue weighted by atomic mass is 19.4. The zero-order valence-corrected chi connectivity index (χ0v) is 16.8. The van der Waals surface area contributed by atoms with E-state index in [2.05, 4.69) is 11.7 Å². The van der Waals surface area contributed by atoms with Gasteiger partial charge in [0.25, 0.3) is 0 Å². The third kappa shape index (κ3) is 4.91. The van der Waals surface area contributed by atoms with Crippen LogP contribution in [0.3, 0.4) is 0 Å². The molecule has 0 bridgehead atoms. The topological polar surface area (TPSA) is 62.6 Å². The van der Waals surface area contributed by atoms with Crippen molar-refractivity contribution in [3.05, 3.63) is 47.7 Å². The molecular formula is C21H23F3N2O4. The first-order chi connectivity index (χ1) is 14.2. The van der Waals surface area contributed by atoms with E-state index in [0.717, 1.165) is 6.07 Å². The molecule has 0 unspecified atom stereocenters. The molecule has 3 rings (SSSR count). The molecule has 1 atom stereocenters. The van der Waals surface area contributed by atoms with Gasteiger partial charge in [0.15, 0.2) is 0 Å².